The van der Waals surface area contributed by atoms with Crippen LogP contribution in [0, 0.1) is 6.57 Å². The first-order chi connectivity index (χ1) is 25.7. The van der Waals surface area contributed by atoms with Gasteiger partial charge in [0.15, 0.2) is 5.69 Å². The number of hydrogen-bond donors (Lipinski definition) is 0. The lowest BCUT2D eigenvalue weighted by Gasteiger charge is -2.13. The van der Waals surface area contributed by atoms with Crippen LogP contribution in [0.3, 0.4) is 0 Å². The Morgan fingerprint density at radius 1 is 0.404 bits per heavy atom. The molecule has 4 heteroatoms. The molecule has 0 fully saturated rings. The van der Waals surface area contributed by atoms with Crippen LogP contribution in [0.1, 0.15) is 0 Å². The molecule has 0 N–H and O–H groups in total. The van der Waals surface area contributed by atoms with Crippen LogP contribution < -0.4 is 0 Å². The number of fused-ring (bicyclic) bond motifs is 7. The Hall–Kier alpha value is -7.22. The maximum absolute atomic E-state index is 7.56. The lowest BCUT2D eigenvalue weighted by Crippen LogP contribution is -1.96. The molecular weight excluding hydrogens is 633 g/mol. The van der Waals surface area contributed by atoms with E-state index in [0.29, 0.717) is 5.69 Å². The number of para-hydroxylation sites is 3. The van der Waals surface area contributed by atoms with Gasteiger partial charge >= 0.3 is 0 Å². The second-order valence-corrected chi connectivity index (χ2v) is 13.1. The van der Waals surface area contributed by atoms with E-state index in [9.17, 15) is 0 Å². The van der Waals surface area contributed by atoms with E-state index in [1.807, 2.05) is 30.3 Å². The van der Waals surface area contributed by atoms with Crippen molar-refractivity contribution in [2.75, 3.05) is 0 Å². The molecule has 4 nitrogen and oxygen atoms in total. The number of hydrogen-bond acceptors (Lipinski definition) is 1. The second kappa shape index (κ2) is 12.0. The van der Waals surface area contributed by atoms with Gasteiger partial charge in [-0.1, -0.05) is 121 Å². The molecule has 0 saturated carbocycles. The lowest BCUT2D eigenvalue weighted by molar-refractivity contribution is 1.17. The molecule has 10 aromatic rings. The molecule has 7 aromatic carbocycles. The number of pyridine rings is 1. The fraction of sp³-hybridized carbons (Fsp3) is 0. The zero-order chi connectivity index (χ0) is 34.6. The molecule has 0 aliphatic carbocycles. The smallest absolute Gasteiger partial charge is 0.187 e. The quantitative estimate of drug-likeness (QED) is 0.169. The van der Waals surface area contributed by atoms with Crippen molar-refractivity contribution in [3.05, 3.63) is 193 Å². The van der Waals surface area contributed by atoms with Gasteiger partial charge in [0.1, 0.15) is 0 Å². The summed E-state index contributed by atoms with van der Waals surface area (Å²) in [6.45, 7) is 7.56. The highest BCUT2D eigenvalue weighted by Gasteiger charge is 2.21. The molecule has 52 heavy (non-hydrogen) atoms. The van der Waals surface area contributed by atoms with Crippen LogP contribution in [0.15, 0.2) is 182 Å². The first-order valence-electron chi connectivity index (χ1n) is 17.4. The Balaban J connectivity index is 1.19. The maximum atomic E-state index is 7.56. The lowest BCUT2D eigenvalue weighted by atomic mass is 10.00. The summed E-state index contributed by atoms with van der Waals surface area (Å²) in [5, 5.41) is 4.92. The average molecular weight is 663 g/mol. The van der Waals surface area contributed by atoms with Crippen LogP contribution >= 0.6 is 0 Å². The first-order valence-corrected chi connectivity index (χ1v) is 17.4. The SMILES string of the molecule is [C-]#[N+]c1cccc(-c2cc(-c3ccccc3)cc(-c3ccc(-n4c5ccccc5c5ccc6c(c7ccccc7n6-c6ccccc6)c54)cc3)n2)c1. The fourth-order valence-electron chi connectivity index (χ4n) is 7.77. The van der Waals surface area contributed by atoms with Crippen molar-refractivity contribution in [3.63, 3.8) is 0 Å². The number of benzene rings is 7. The highest BCUT2D eigenvalue weighted by atomic mass is 15.0. The number of nitrogens with zero attached hydrogens (tertiary/aromatic N) is 4. The molecular formula is C48H30N4. The van der Waals surface area contributed by atoms with Gasteiger partial charge < -0.3 is 9.13 Å². The Kier molecular flexibility index (Phi) is 6.84. The Bertz CT molecular complexity index is 3000. The van der Waals surface area contributed by atoms with Gasteiger partial charge in [0, 0.05) is 38.5 Å². The first kappa shape index (κ1) is 29.7. The third-order valence-electron chi connectivity index (χ3n) is 10.1. The van der Waals surface area contributed by atoms with Crippen LogP contribution in [0.2, 0.25) is 0 Å². The van der Waals surface area contributed by atoms with E-state index >= 15 is 0 Å². The molecule has 3 heterocycles. The summed E-state index contributed by atoms with van der Waals surface area (Å²) in [7, 11) is 0. The number of aromatic nitrogens is 3. The van der Waals surface area contributed by atoms with Crippen LogP contribution in [-0.4, -0.2) is 14.1 Å². The predicted molar refractivity (Wildman–Crippen MR) is 215 cm³/mol. The van der Waals surface area contributed by atoms with Crippen molar-refractivity contribution < 1.29 is 0 Å². The Labute approximate surface area is 300 Å². The van der Waals surface area contributed by atoms with Gasteiger partial charge in [-0.2, -0.15) is 0 Å². The van der Waals surface area contributed by atoms with Gasteiger partial charge in [-0.15, -0.1) is 0 Å². The maximum Gasteiger partial charge on any atom is 0.187 e. The summed E-state index contributed by atoms with van der Waals surface area (Å²) in [6.07, 6.45) is 0. The largest absolute Gasteiger partial charge is 0.309 e. The van der Waals surface area contributed by atoms with Gasteiger partial charge in [0.2, 0.25) is 0 Å². The zero-order valence-corrected chi connectivity index (χ0v) is 28.1. The molecule has 0 spiro atoms. The number of rotatable bonds is 5. The summed E-state index contributed by atoms with van der Waals surface area (Å²) < 4.78 is 4.81. The highest BCUT2D eigenvalue weighted by Crippen LogP contribution is 2.42. The topological polar surface area (TPSA) is 27.1 Å². The Morgan fingerprint density at radius 3 is 1.77 bits per heavy atom. The summed E-state index contributed by atoms with van der Waals surface area (Å²) in [5.74, 6) is 0. The van der Waals surface area contributed by atoms with Crippen LogP contribution in [0.4, 0.5) is 5.69 Å². The van der Waals surface area contributed by atoms with E-state index in [2.05, 4.69) is 166 Å². The minimum Gasteiger partial charge on any atom is -0.309 e. The van der Waals surface area contributed by atoms with Gasteiger partial charge in [-0.25, -0.2) is 9.83 Å². The molecule has 0 atom stereocenters. The van der Waals surface area contributed by atoms with E-state index < -0.39 is 0 Å². The van der Waals surface area contributed by atoms with Crippen LogP contribution in [0.5, 0.6) is 0 Å². The molecule has 0 bridgehead atoms. The van der Waals surface area contributed by atoms with Crippen molar-refractivity contribution in [2.24, 2.45) is 0 Å². The minimum absolute atomic E-state index is 0.600. The molecule has 3 aromatic heterocycles. The predicted octanol–water partition coefficient (Wildman–Crippen LogP) is 12.8. The summed E-state index contributed by atoms with van der Waals surface area (Å²) in [4.78, 5) is 8.83. The monoisotopic (exact) mass is 662 g/mol. The van der Waals surface area contributed by atoms with Gasteiger partial charge in [0.05, 0.1) is 40.0 Å². The Morgan fingerprint density at radius 2 is 1.02 bits per heavy atom. The van der Waals surface area contributed by atoms with E-state index in [1.165, 1.54) is 43.6 Å². The van der Waals surface area contributed by atoms with E-state index in [4.69, 9.17) is 11.6 Å². The third kappa shape index (κ3) is 4.72. The zero-order valence-electron chi connectivity index (χ0n) is 28.1. The van der Waals surface area contributed by atoms with Crippen molar-refractivity contribution in [2.45, 2.75) is 0 Å². The molecule has 0 aliphatic heterocycles. The van der Waals surface area contributed by atoms with Crippen molar-refractivity contribution in [1.82, 2.24) is 14.1 Å². The molecule has 0 amide bonds. The molecule has 0 saturated heterocycles. The molecule has 10 rings (SSSR count). The average Bonchev–Trinajstić information content (AvgIpc) is 3.74. The van der Waals surface area contributed by atoms with E-state index in [0.717, 1.165) is 45.0 Å². The molecule has 242 valence electrons. The van der Waals surface area contributed by atoms with Gasteiger partial charge in [-0.3, -0.25) is 0 Å². The molecule has 0 unspecified atom stereocenters. The normalized spacial score (nSPS) is 11.4. The van der Waals surface area contributed by atoms with Crippen molar-refractivity contribution >= 4 is 49.3 Å². The molecule has 0 aliphatic rings. The van der Waals surface area contributed by atoms with Gasteiger partial charge in [-0.05, 0) is 77.4 Å². The van der Waals surface area contributed by atoms with Crippen molar-refractivity contribution in [1.29, 1.82) is 0 Å². The highest BCUT2D eigenvalue weighted by molar-refractivity contribution is 6.26. The van der Waals surface area contributed by atoms with Crippen LogP contribution in [-0.2, 0) is 0 Å². The van der Waals surface area contributed by atoms with Crippen molar-refractivity contribution in [3.8, 4) is 45.0 Å². The van der Waals surface area contributed by atoms with E-state index in [-0.39, 0.29) is 0 Å². The summed E-state index contributed by atoms with van der Waals surface area (Å²) >= 11 is 0. The standard InChI is InChI=1S/C48H30N4/c1-49-36-16-12-15-34(29-36)43-31-35(32-13-4-2-5-14-32)30-42(50-43)33-23-25-38(26-24-33)52-44-21-10-8-19-39(44)40-27-28-46-47(48(40)52)41-20-9-11-22-45(41)51(46)37-17-6-3-7-18-37/h2-31H. The third-order valence-corrected chi connectivity index (χ3v) is 10.1. The summed E-state index contributed by atoms with van der Waals surface area (Å²) in [5.41, 5.74) is 13.4. The minimum atomic E-state index is 0.600. The second-order valence-electron chi connectivity index (χ2n) is 13.1. The summed E-state index contributed by atoms with van der Waals surface area (Å²) in [6, 6.07) is 63.8. The fourth-order valence-corrected chi connectivity index (χ4v) is 7.77. The van der Waals surface area contributed by atoms with Crippen LogP contribution in [0.25, 0.3) is 93.5 Å². The molecule has 0 radical (unpaired) electrons. The van der Waals surface area contributed by atoms with E-state index in [1.54, 1.807) is 0 Å². The van der Waals surface area contributed by atoms with Gasteiger partial charge in [0.25, 0.3) is 0 Å².